The number of para-hydroxylation sites is 2. The van der Waals surface area contributed by atoms with Crippen LogP contribution in [0.4, 0.5) is 29.2 Å². The van der Waals surface area contributed by atoms with E-state index in [0.29, 0.717) is 20.8 Å². The lowest BCUT2D eigenvalue weighted by Crippen LogP contribution is -2.07. The minimum absolute atomic E-state index is 0.126. The highest BCUT2D eigenvalue weighted by Gasteiger charge is 2.08. The number of halogens is 2. The zero-order chi connectivity index (χ0) is 22.3. The minimum Gasteiger partial charge on any atom is -0.506 e. The summed E-state index contributed by atoms with van der Waals surface area (Å²) < 4.78 is 1.11. The van der Waals surface area contributed by atoms with Gasteiger partial charge in [-0.3, -0.25) is 0 Å². The van der Waals surface area contributed by atoms with Crippen molar-refractivity contribution in [2.45, 2.75) is 0 Å². The predicted octanol–water partition coefficient (Wildman–Crippen LogP) is 6.04. The van der Waals surface area contributed by atoms with Crippen molar-refractivity contribution in [3.8, 4) is 5.75 Å². The van der Waals surface area contributed by atoms with Crippen molar-refractivity contribution in [2.24, 2.45) is 5.10 Å². The number of hydrogen-bond donors (Lipinski definition) is 4. The van der Waals surface area contributed by atoms with E-state index >= 15 is 0 Å². The summed E-state index contributed by atoms with van der Waals surface area (Å²) in [5.74, 6) is 1.10. The van der Waals surface area contributed by atoms with Crippen LogP contribution < -0.4 is 16.1 Å². The number of nitrogens with zero attached hydrogens (tertiary/aromatic N) is 4. The summed E-state index contributed by atoms with van der Waals surface area (Å²) in [5, 5.41) is 20.4. The molecule has 0 amide bonds. The second kappa shape index (κ2) is 10.2. The predicted molar refractivity (Wildman–Crippen MR) is 134 cm³/mol. The van der Waals surface area contributed by atoms with Gasteiger partial charge in [-0.1, -0.05) is 36.4 Å². The van der Waals surface area contributed by atoms with E-state index in [1.165, 1.54) is 0 Å². The van der Waals surface area contributed by atoms with Gasteiger partial charge in [0.25, 0.3) is 0 Å². The number of benzene rings is 3. The van der Waals surface area contributed by atoms with Crippen molar-refractivity contribution in [1.29, 1.82) is 0 Å². The van der Waals surface area contributed by atoms with E-state index < -0.39 is 0 Å². The SMILES string of the molecule is Oc1c(Br)cc(/C=N/Nc2nc(Nc3ccccc3)nc(Nc3ccccc3)n2)cc1Br. The summed E-state index contributed by atoms with van der Waals surface area (Å²) in [4.78, 5) is 13.2. The molecule has 160 valence electrons. The quantitative estimate of drug-likeness (QED) is 0.163. The summed E-state index contributed by atoms with van der Waals surface area (Å²) in [5.41, 5.74) is 5.28. The third-order valence-electron chi connectivity index (χ3n) is 4.11. The van der Waals surface area contributed by atoms with Gasteiger partial charge in [0.1, 0.15) is 5.75 Å². The van der Waals surface area contributed by atoms with Gasteiger partial charge in [0.05, 0.1) is 15.2 Å². The van der Waals surface area contributed by atoms with Crippen LogP contribution in [0.1, 0.15) is 5.56 Å². The number of aromatic hydroxyl groups is 1. The molecule has 0 saturated carbocycles. The first-order chi connectivity index (χ1) is 15.6. The number of phenolic OH excluding ortho intramolecular Hbond substituents is 1. The molecule has 10 heteroatoms. The van der Waals surface area contributed by atoms with E-state index in [1.807, 2.05) is 60.7 Å². The van der Waals surface area contributed by atoms with Crippen molar-refractivity contribution >= 4 is 67.3 Å². The Morgan fingerprint density at radius 1 is 0.719 bits per heavy atom. The third-order valence-corrected chi connectivity index (χ3v) is 5.32. The maximum Gasteiger partial charge on any atom is 0.250 e. The average Bonchev–Trinajstić information content (AvgIpc) is 2.79. The van der Waals surface area contributed by atoms with E-state index in [9.17, 15) is 5.11 Å². The van der Waals surface area contributed by atoms with Crippen molar-refractivity contribution in [3.63, 3.8) is 0 Å². The molecule has 8 nitrogen and oxygen atoms in total. The highest BCUT2D eigenvalue weighted by atomic mass is 79.9. The van der Waals surface area contributed by atoms with Crippen LogP contribution in [0.15, 0.2) is 86.8 Å². The van der Waals surface area contributed by atoms with Crippen molar-refractivity contribution in [1.82, 2.24) is 15.0 Å². The number of nitrogens with one attached hydrogen (secondary N) is 3. The smallest absolute Gasteiger partial charge is 0.250 e. The number of hydrogen-bond acceptors (Lipinski definition) is 8. The summed E-state index contributed by atoms with van der Waals surface area (Å²) in [6.07, 6.45) is 1.59. The molecule has 0 radical (unpaired) electrons. The number of rotatable bonds is 7. The third kappa shape index (κ3) is 5.80. The fourth-order valence-corrected chi connectivity index (χ4v) is 3.88. The summed E-state index contributed by atoms with van der Waals surface area (Å²) in [7, 11) is 0. The van der Waals surface area contributed by atoms with Gasteiger partial charge in [-0.25, -0.2) is 5.43 Å². The van der Waals surface area contributed by atoms with Crippen LogP contribution >= 0.6 is 31.9 Å². The van der Waals surface area contributed by atoms with Gasteiger partial charge < -0.3 is 15.7 Å². The molecule has 4 aromatic rings. The van der Waals surface area contributed by atoms with Crippen LogP contribution in [0.25, 0.3) is 0 Å². The Kier molecular flexibility index (Phi) is 6.93. The number of aromatic nitrogens is 3. The fourth-order valence-electron chi connectivity index (χ4n) is 2.66. The highest BCUT2D eigenvalue weighted by molar-refractivity contribution is 9.11. The molecule has 0 unspecified atom stereocenters. The lowest BCUT2D eigenvalue weighted by Gasteiger charge is -2.10. The molecular weight excluding hydrogens is 538 g/mol. The normalized spacial score (nSPS) is 10.8. The number of hydrazone groups is 1. The Hall–Kier alpha value is -3.50. The van der Waals surface area contributed by atoms with Gasteiger partial charge in [0.15, 0.2) is 0 Å². The van der Waals surface area contributed by atoms with E-state index in [4.69, 9.17) is 0 Å². The molecule has 0 spiro atoms. The summed E-state index contributed by atoms with van der Waals surface area (Å²) in [6, 6.07) is 22.7. The second-order valence-electron chi connectivity index (χ2n) is 6.49. The molecule has 4 rings (SSSR count). The fraction of sp³-hybridized carbons (Fsp3) is 0. The molecule has 0 atom stereocenters. The second-order valence-corrected chi connectivity index (χ2v) is 8.20. The first-order valence-corrected chi connectivity index (χ1v) is 11.0. The van der Waals surface area contributed by atoms with Crippen LogP contribution in [-0.4, -0.2) is 26.3 Å². The monoisotopic (exact) mass is 553 g/mol. The Balaban J connectivity index is 1.58. The van der Waals surface area contributed by atoms with E-state index in [1.54, 1.807) is 18.3 Å². The van der Waals surface area contributed by atoms with Gasteiger partial charge in [-0.15, -0.1) is 0 Å². The molecule has 0 aliphatic carbocycles. The Bertz CT molecular complexity index is 1150. The Labute approximate surface area is 201 Å². The average molecular weight is 555 g/mol. The van der Waals surface area contributed by atoms with Crippen LogP contribution in [0, 0.1) is 0 Å². The molecule has 32 heavy (non-hydrogen) atoms. The topological polar surface area (TPSA) is 107 Å². The zero-order valence-corrected chi connectivity index (χ0v) is 19.7. The van der Waals surface area contributed by atoms with Gasteiger partial charge in [-0.05, 0) is 73.8 Å². The van der Waals surface area contributed by atoms with Crippen molar-refractivity contribution in [2.75, 3.05) is 16.1 Å². The summed E-state index contributed by atoms with van der Waals surface area (Å²) >= 11 is 6.61. The van der Waals surface area contributed by atoms with E-state index in [2.05, 4.69) is 68.0 Å². The van der Waals surface area contributed by atoms with E-state index in [-0.39, 0.29) is 11.7 Å². The molecular formula is C22H17Br2N7O. The molecule has 3 aromatic carbocycles. The molecule has 0 fully saturated rings. The highest BCUT2D eigenvalue weighted by Crippen LogP contribution is 2.32. The molecule has 0 saturated heterocycles. The van der Waals surface area contributed by atoms with Gasteiger partial charge in [-0.2, -0.15) is 20.1 Å². The first kappa shape index (κ1) is 21.7. The Morgan fingerprint density at radius 2 is 1.19 bits per heavy atom. The van der Waals surface area contributed by atoms with Crippen LogP contribution in [0.3, 0.4) is 0 Å². The van der Waals surface area contributed by atoms with E-state index in [0.717, 1.165) is 16.9 Å². The number of anilines is 5. The first-order valence-electron chi connectivity index (χ1n) is 9.44. The summed E-state index contributed by atoms with van der Waals surface area (Å²) in [6.45, 7) is 0. The maximum atomic E-state index is 9.84. The molecule has 0 aliphatic heterocycles. The number of phenols is 1. The molecule has 1 aromatic heterocycles. The lowest BCUT2D eigenvalue weighted by molar-refractivity contribution is 0.468. The molecule has 0 aliphatic rings. The lowest BCUT2D eigenvalue weighted by atomic mass is 10.2. The molecule has 1 heterocycles. The van der Waals surface area contributed by atoms with Crippen molar-refractivity contribution in [3.05, 3.63) is 87.3 Å². The van der Waals surface area contributed by atoms with Crippen LogP contribution in [0.5, 0.6) is 5.75 Å². The Morgan fingerprint density at radius 3 is 1.69 bits per heavy atom. The van der Waals surface area contributed by atoms with Crippen LogP contribution in [-0.2, 0) is 0 Å². The largest absolute Gasteiger partial charge is 0.506 e. The zero-order valence-electron chi connectivity index (χ0n) is 16.5. The minimum atomic E-state index is 0.126. The maximum absolute atomic E-state index is 9.84. The van der Waals surface area contributed by atoms with Crippen molar-refractivity contribution < 1.29 is 5.11 Å². The molecule has 4 N–H and O–H groups in total. The van der Waals surface area contributed by atoms with Gasteiger partial charge >= 0.3 is 0 Å². The van der Waals surface area contributed by atoms with Gasteiger partial charge in [0.2, 0.25) is 17.8 Å². The standard InChI is InChI=1S/C22H17Br2N7O/c23-17-11-14(12-18(24)19(17)32)13-25-31-22-29-20(26-15-7-3-1-4-8-15)28-21(30-22)27-16-9-5-2-6-10-16/h1-13,32H,(H3,26,27,28,29,30,31)/b25-13+. The van der Waals surface area contributed by atoms with Gasteiger partial charge in [0, 0.05) is 11.4 Å². The van der Waals surface area contributed by atoms with Crippen LogP contribution in [0.2, 0.25) is 0 Å². The molecule has 0 bridgehead atoms.